The van der Waals surface area contributed by atoms with Crippen LogP contribution in [0.25, 0.3) is 22.5 Å². The van der Waals surface area contributed by atoms with Gasteiger partial charge in [-0.2, -0.15) is 0 Å². The fraction of sp³-hybridized carbons (Fsp3) is 0.125. The van der Waals surface area contributed by atoms with E-state index in [4.69, 9.17) is 9.72 Å². The van der Waals surface area contributed by atoms with Gasteiger partial charge in [0.25, 0.3) is 0 Å². The molecular formula is C24H22N2O. The van der Waals surface area contributed by atoms with Gasteiger partial charge in [-0.15, -0.1) is 0 Å². The van der Waals surface area contributed by atoms with Crippen LogP contribution in [0, 0.1) is 0 Å². The van der Waals surface area contributed by atoms with Crippen molar-refractivity contribution in [3.8, 4) is 28.3 Å². The zero-order valence-electron chi connectivity index (χ0n) is 15.2. The molecule has 0 aliphatic carbocycles. The van der Waals surface area contributed by atoms with E-state index < -0.39 is 0 Å². The van der Waals surface area contributed by atoms with Crippen molar-refractivity contribution in [1.82, 2.24) is 9.55 Å². The molecule has 3 aromatic carbocycles. The average molecular weight is 354 g/mol. The highest BCUT2D eigenvalue weighted by molar-refractivity contribution is 5.78. The second-order valence-electron chi connectivity index (χ2n) is 6.38. The fourth-order valence-electron chi connectivity index (χ4n) is 3.20. The van der Waals surface area contributed by atoms with E-state index in [1.54, 1.807) is 0 Å². The minimum atomic E-state index is 0.678. The molecule has 0 unspecified atom stereocenters. The number of hydrogen-bond acceptors (Lipinski definition) is 2. The summed E-state index contributed by atoms with van der Waals surface area (Å²) < 4.78 is 8.06. The van der Waals surface area contributed by atoms with Crippen LogP contribution in [0.1, 0.15) is 6.42 Å². The van der Waals surface area contributed by atoms with Crippen molar-refractivity contribution in [2.45, 2.75) is 13.0 Å². The average Bonchev–Trinajstić information content (AvgIpc) is 3.17. The normalized spacial score (nSPS) is 10.7. The molecule has 0 N–H and O–H groups in total. The number of benzene rings is 3. The summed E-state index contributed by atoms with van der Waals surface area (Å²) in [4.78, 5) is 4.72. The van der Waals surface area contributed by atoms with Crippen molar-refractivity contribution in [3.05, 3.63) is 97.3 Å². The standard InChI is InChI=1S/C24H22N2O/c1-4-11-20(12-5-1)23-24(21-13-6-2-7-14-21)26(19-25-23)17-10-18-27-22-15-8-3-9-16-22/h1-9,11-16,19H,10,17-18H2. The lowest BCUT2D eigenvalue weighted by molar-refractivity contribution is 0.302. The molecule has 1 heterocycles. The summed E-state index contributed by atoms with van der Waals surface area (Å²) >= 11 is 0. The van der Waals surface area contributed by atoms with Gasteiger partial charge in [0.1, 0.15) is 5.75 Å². The quantitative estimate of drug-likeness (QED) is 0.399. The molecule has 3 heteroatoms. The highest BCUT2D eigenvalue weighted by Gasteiger charge is 2.14. The first-order valence-electron chi connectivity index (χ1n) is 9.25. The molecule has 0 aliphatic rings. The third kappa shape index (κ3) is 4.09. The van der Waals surface area contributed by atoms with Gasteiger partial charge >= 0.3 is 0 Å². The molecule has 0 saturated carbocycles. The Morgan fingerprint density at radius 1 is 0.704 bits per heavy atom. The zero-order chi connectivity index (χ0) is 18.3. The summed E-state index contributed by atoms with van der Waals surface area (Å²) in [7, 11) is 0. The van der Waals surface area contributed by atoms with E-state index >= 15 is 0 Å². The summed E-state index contributed by atoms with van der Waals surface area (Å²) in [6.07, 6.45) is 2.85. The summed E-state index contributed by atoms with van der Waals surface area (Å²) in [6, 6.07) is 30.8. The molecule has 1 aromatic heterocycles. The minimum Gasteiger partial charge on any atom is -0.494 e. The molecule has 27 heavy (non-hydrogen) atoms. The van der Waals surface area contributed by atoms with Crippen LogP contribution in [0.3, 0.4) is 0 Å². The molecule has 134 valence electrons. The highest BCUT2D eigenvalue weighted by atomic mass is 16.5. The first-order chi connectivity index (χ1) is 13.4. The van der Waals surface area contributed by atoms with Crippen LogP contribution in [0.5, 0.6) is 5.75 Å². The van der Waals surface area contributed by atoms with E-state index in [0.717, 1.165) is 35.7 Å². The number of nitrogens with zero attached hydrogens (tertiary/aromatic N) is 2. The Labute approximate surface area is 159 Å². The molecule has 0 atom stereocenters. The topological polar surface area (TPSA) is 27.1 Å². The SMILES string of the molecule is c1ccc(OCCCn2cnc(-c3ccccc3)c2-c2ccccc2)cc1. The van der Waals surface area contributed by atoms with E-state index in [9.17, 15) is 0 Å². The third-order valence-electron chi connectivity index (χ3n) is 4.49. The minimum absolute atomic E-state index is 0.678. The Morgan fingerprint density at radius 3 is 1.96 bits per heavy atom. The number of ether oxygens (including phenoxy) is 1. The van der Waals surface area contributed by atoms with Crippen LogP contribution < -0.4 is 4.74 Å². The number of hydrogen-bond donors (Lipinski definition) is 0. The Morgan fingerprint density at radius 2 is 1.30 bits per heavy atom. The lowest BCUT2D eigenvalue weighted by Crippen LogP contribution is -2.05. The molecule has 4 rings (SSSR count). The number of rotatable bonds is 7. The Bertz CT molecular complexity index is 963. The van der Waals surface area contributed by atoms with Gasteiger partial charge in [-0.1, -0.05) is 78.9 Å². The molecule has 0 amide bonds. The van der Waals surface area contributed by atoms with Gasteiger partial charge in [-0.25, -0.2) is 4.98 Å². The van der Waals surface area contributed by atoms with Gasteiger partial charge in [0, 0.05) is 17.7 Å². The number of aromatic nitrogens is 2. The summed E-state index contributed by atoms with van der Waals surface area (Å²) in [5, 5.41) is 0. The monoisotopic (exact) mass is 354 g/mol. The molecule has 3 nitrogen and oxygen atoms in total. The number of imidazole rings is 1. The van der Waals surface area contributed by atoms with Crippen LogP contribution in [0.15, 0.2) is 97.3 Å². The second-order valence-corrected chi connectivity index (χ2v) is 6.38. The third-order valence-corrected chi connectivity index (χ3v) is 4.49. The molecular weight excluding hydrogens is 332 g/mol. The van der Waals surface area contributed by atoms with Gasteiger partial charge in [0.05, 0.1) is 24.3 Å². The van der Waals surface area contributed by atoms with Crippen molar-refractivity contribution >= 4 is 0 Å². The Kier molecular flexibility index (Phi) is 5.30. The van der Waals surface area contributed by atoms with Gasteiger partial charge in [0.2, 0.25) is 0 Å². The molecule has 0 saturated heterocycles. The smallest absolute Gasteiger partial charge is 0.119 e. The van der Waals surface area contributed by atoms with Crippen LogP contribution in [-0.4, -0.2) is 16.2 Å². The van der Waals surface area contributed by atoms with Gasteiger partial charge < -0.3 is 9.30 Å². The molecule has 4 aromatic rings. The number of aryl methyl sites for hydroxylation is 1. The maximum absolute atomic E-state index is 5.83. The van der Waals surface area contributed by atoms with Crippen molar-refractivity contribution in [3.63, 3.8) is 0 Å². The van der Waals surface area contributed by atoms with Crippen molar-refractivity contribution < 1.29 is 4.74 Å². The van der Waals surface area contributed by atoms with E-state index in [-0.39, 0.29) is 0 Å². The highest BCUT2D eigenvalue weighted by Crippen LogP contribution is 2.31. The predicted molar refractivity (Wildman–Crippen MR) is 110 cm³/mol. The van der Waals surface area contributed by atoms with E-state index in [1.165, 1.54) is 5.56 Å². The maximum Gasteiger partial charge on any atom is 0.119 e. The number of para-hydroxylation sites is 1. The van der Waals surface area contributed by atoms with Crippen LogP contribution in [-0.2, 0) is 6.54 Å². The van der Waals surface area contributed by atoms with Crippen molar-refractivity contribution in [2.24, 2.45) is 0 Å². The first-order valence-corrected chi connectivity index (χ1v) is 9.25. The van der Waals surface area contributed by atoms with Crippen molar-refractivity contribution in [1.29, 1.82) is 0 Å². The van der Waals surface area contributed by atoms with Crippen LogP contribution in [0.4, 0.5) is 0 Å². The Balaban J connectivity index is 1.55. The van der Waals surface area contributed by atoms with Gasteiger partial charge in [-0.05, 0) is 18.6 Å². The van der Waals surface area contributed by atoms with Crippen molar-refractivity contribution in [2.75, 3.05) is 6.61 Å². The first kappa shape index (κ1) is 17.1. The van der Waals surface area contributed by atoms with E-state index in [0.29, 0.717) is 6.61 Å². The zero-order valence-corrected chi connectivity index (χ0v) is 15.2. The van der Waals surface area contributed by atoms with E-state index in [2.05, 4.69) is 53.1 Å². The van der Waals surface area contributed by atoms with Gasteiger partial charge in [-0.3, -0.25) is 0 Å². The molecule has 0 radical (unpaired) electrons. The molecule has 0 bridgehead atoms. The summed E-state index contributed by atoms with van der Waals surface area (Å²) in [6.45, 7) is 1.54. The van der Waals surface area contributed by atoms with E-state index in [1.807, 2.05) is 48.8 Å². The summed E-state index contributed by atoms with van der Waals surface area (Å²) in [5.74, 6) is 0.913. The maximum atomic E-state index is 5.83. The Hall–Kier alpha value is -3.33. The van der Waals surface area contributed by atoms with Gasteiger partial charge in [0.15, 0.2) is 0 Å². The summed E-state index contributed by atoms with van der Waals surface area (Å²) in [5.41, 5.74) is 4.49. The fourth-order valence-corrected chi connectivity index (χ4v) is 3.20. The molecule has 0 fully saturated rings. The lowest BCUT2D eigenvalue weighted by Gasteiger charge is -2.11. The second kappa shape index (κ2) is 8.37. The predicted octanol–water partition coefficient (Wildman–Crippen LogP) is 5.69. The van der Waals surface area contributed by atoms with Crippen LogP contribution >= 0.6 is 0 Å². The molecule has 0 spiro atoms. The van der Waals surface area contributed by atoms with Crippen LogP contribution in [0.2, 0.25) is 0 Å². The lowest BCUT2D eigenvalue weighted by atomic mass is 10.0. The largest absolute Gasteiger partial charge is 0.494 e. The molecule has 0 aliphatic heterocycles.